The van der Waals surface area contributed by atoms with Gasteiger partial charge in [-0.2, -0.15) is 5.10 Å². The zero-order valence-corrected chi connectivity index (χ0v) is 13.9. The number of aliphatic hydroxyl groups is 2. The van der Waals surface area contributed by atoms with Gasteiger partial charge < -0.3 is 30.6 Å². The predicted molar refractivity (Wildman–Crippen MR) is 89.1 cm³/mol. The fraction of sp³-hybridized carbons (Fsp3) is 0.467. The second-order valence-corrected chi connectivity index (χ2v) is 5.56. The fourth-order valence-corrected chi connectivity index (χ4v) is 2.63. The molecular formula is C15H18N6O5. The molecule has 1 saturated heterocycles. The number of aliphatic hydroxyl groups excluding tert-OH is 2. The van der Waals surface area contributed by atoms with Gasteiger partial charge in [-0.1, -0.05) is 5.92 Å². The summed E-state index contributed by atoms with van der Waals surface area (Å²) < 4.78 is 13.9. The van der Waals surface area contributed by atoms with Gasteiger partial charge in [0.25, 0.3) is 5.56 Å². The maximum atomic E-state index is 12.2. The van der Waals surface area contributed by atoms with Crippen LogP contribution >= 0.6 is 0 Å². The summed E-state index contributed by atoms with van der Waals surface area (Å²) in [5.74, 6) is 5.46. The van der Waals surface area contributed by atoms with E-state index in [9.17, 15) is 14.7 Å². The lowest BCUT2D eigenvalue weighted by molar-refractivity contribution is -0.0470. The SMILES string of the molecule is [2H]OCC1OC(n2nc(C#CCNC(=O)NC)c3c(=O)[nH]cnc32)CC1O. The second-order valence-electron chi connectivity index (χ2n) is 5.56. The van der Waals surface area contributed by atoms with E-state index in [2.05, 4.69) is 42.6 Å². The van der Waals surface area contributed by atoms with Crippen molar-refractivity contribution in [3.8, 4) is 11.8 Å². The van der Waals surface area contributed by atoms with Crippen molar-refractivity contribution in [1.29, 1.82) is 1.43 Å². The zero-order chi connectivity index (χ0) is 19.4. The number of fused-ring (bicyclic) bond motifs is 1. The molecule has 3 heterocycles. The van der Waals surface area contributed by atoms with Crippen molar-refractivity contribution in [2.75, 3.05) is 20.2 Å². The Morgan fingerprint density at radius 1 is 1.65 bits per heavy atom. The van der Waals surface area contributed by atoms with Gasteiger partial charge in [0, 0.05) is 13.5 Å². The molecule has 0 aliphatic carbocycles. The summed E-state index contributed by atoms with van der Waals surface area (Å²) in [6, 6.07) is -0.379. The number of aromatic nitrogens is 4. The van der Waals surface area contributed by atoms with Gasteiger partial charge in [-0.05, 0) is 5.92 Å². The highest BCUT2D eigenvalue weighted by atomic mass is 16.5. The van der Waals surface area contributed by atoms with Gasteiger partial charge in [0.2, 0.25) is 1.43 Å². The minimum absolute atomic E-state index is 0.0632. The third-order valence-electron chi connectivity index (χ3n) is 3.91. The first kappa shape index (κ1) is 16.5. The first-order chi connectivity index (χ1) is 13.0. The number of amides is 2. The van der Waals surface area contributed by atoms with Crippen LogP contribution < -0.4 is 16.2 Å². The molecular weight excluding hydrogens is 344 g/mol. The van der Waals surface area contributed by atoms with Crippen LogP contribution in [-0.2, 0) is 4.74 Å². The maximum Gasteiger partial charge on any atom is 0.315 e. The minimum Gasteiger partial charge on any atom is -0.394 e. The smallest absolute Gasteiger partial charge is 0.315 e. The molecule has 26 heavy (non-hydrogen) atoms. The number of nitrogens with one attached hydrogen (secondary N) is 3. The lowest BCUT2D eigenvalue weighted by atomic mass is 10.2. The number of rotatable bonds is 4. The van der Waals surface area contributed by atoms with Crippen molar-refractivity contribution in [2.24, 2.45) is 0 Å². The third-order valence-corrected chi connectivity index (χ3v) is 3.91. The number of carbonyl (C=O) groups is 1. The number of hydrogen-bond acceptors (Lipinski definition) is 7. The van der Waals surface area contributed by atoms with Crippen LogP contribution in [0.4, 0.5) is 4.79 Å². The largest absolute Gasteiger partial charge is 0.394 e. The molecule has 2 amide bonds. The molecule has 3 rings (SSSR count). The number of aromatic amines is 1. The van der Waals surface area contributed by atoms with Gasteiger partial charge in [-0.3, -0.25) is 4.79 Å². The van der Waals surface area contributed by atoms with Gasteiger partial charge >= 0.3 is 6.03 Å². The van der Waals surface area contributed by atoms with Gasteiger partial charge in [-0.25, -0.2) is 14.5 Å². The standard InChI is InChI=1S/C15H18N6O5/c1-16-15(25)17-4-2-3-8-12-13(18-7-19-14(12)24)21(20-8)11-5-9(23)10(6-22)26-11/h7,9-11,22-23H,4-6H2,1H3,(H2,16,17,25)(H,18,19,24)/i22D. The summed E-state index contributed by atoms with van der Waals surface area (Å²) in [7, 11) is 1.48. The maximum absolute atomic E-state index is 12.2. The Kier molecular flexibility index (Phi) is 4.78. The van der Waals surface area contributed by atoms with Crippen molar-refractivity contribution in [1.82, 2.24) is 30.4 Å². The Bertz CT molecular complexity index is 948. The predicted octanol–water partition coefficient (Wildman–Crippen LogP) is -1.96. The number of ether oxygens (including phenoxy) is 1. The molecule has 0 saturated carbocycles. The summed E-state index contributed by atoms with van der Waals surface area (Å²) in [6.45, 7) is -0.0313. The Balaban J connectivity index is 1.92. The van der Waals surface area contributed by atoms with E-state index in [4.69, 9.17) is 6.17 Å². The molecule has 0 aromatic carbocycles. The molecule has 3 unspecified atom stereocenters. The molecule has 0 radical (unpaired) electrons. The monoisotopic (exact) mass is 363 g/mol. The molecule has 3 atom stereocenters. The van der Waals surface area contributed by atoms with Crippen molar-refractivity contribution < 1.29 is 19.7 Å². The Labute approximate surface area is 148 Å². The Morgan fingerprint density at radius 2 is 2.50 bits per heavy atom. The van der Waals surface area contributed by atoms with E-state index in [0.717, 1.165) is 0 Å². The van der Waals surface area contributed by atoms with E-state index in [1.807, 2.05) is 0 Å². The van der Waals surface area contributed by atoms with E-state index in [-0.39, 0.29) is 42.3 Å². The fourth-order valence-electron chi connectivity index (χ4n) is 2.63. The van der Waals surface area contributed by atoms with E-state index >= 15 is 0 Å². The Morgan fingerprint density at radius 3 is 3.27 bits per heavy atom. The number of nitrogens with zero attached hydrogens (tertiary/aromatic N) is 3. The molecule has 2 aromatic heterocycles. The highest BCUT2D eigenvalue weighted by Crippen LogP contribution is 2.30. The molecule has 1 aliphatic rings. The molecule has 2 aromatic rings. The third kappa shape index (κ3) is 3.38. The molecule has 0 spiro atoms. The lowest BCUT2D eigenvalue weighted by Gasteiger charge is -2.12. The van der Waals surface area contributed by atoms with E-state index in [1.165, 1.54) is 18.1 Å². The molecule has 5 N–H and O–H groups in total. The summed E-state index contributed by atoms with van der Waals surface area (Å²) >= 11 is 0. The first-order valence-electron chi connectivity index (χ1n) is 8.28. The van der Waals surface area contributed by atoms with Crippen molar-refractivity contribution in [2.45, 2.75) is 24.9 Å². The zero-order valence-electron chi connectivity index (χ0n) is 14.9. The molecule has 138 valence electrons. The van der Waals surface area contributed by atoms with Crippen LogP contribution in [0.2, 0.25) is 0 Å². The average molecular weight is 363 g/mol. The van der Waals surface area contributed by atoms with Gasteiger partial charge in [0.05, 0.1) is 25.6 Å². The van der Waals surface area contributed by atoms with E-state index in [1.54, 1.807) is 0 Å². The number of H-pyrrole nitrogens is 1. The topological polar surface area (TPSA) is 154 Å². The number of carbonyl (C=O) groups excluding carboxylic acids is 1. The summed E-state index contributed by atoms with van der Waals surface area (Å²) in [5, 5.41) is 23.7. The molecule has 11 nitrogen and oxygen atoms in total. The second kappa shape index (κ2) is 7.52. The normalized spacial score (nSPS) is 22.5. The van der Waals surface area contributed by atoms with Crippen LogP contribution in [0.25, 0.3) is 11.0 Å². The van der Waals surface area contributed by atoms with Gasteiger partial charge in [0.15, 0.2) is 17.6 Å². The van der Waals surface area contributed by atoms with E-state index in [0.29, 0.717) is 0 Å². The van der Waals surface area contributed by atoms with Gasteiger partial charge in [-0.15, -0.1) is 0 Å². The lowest BCUT2D eigenvalue weighted by Crippen LogP contribution is -2.32. The van der Waals surface area contributed by atoms with Crippen LogP contribution in [0.15, 0.2) is 11.1 Å². The first-order valence-corrected chi connectivity index (χ1v) is 7.87. The average Bonchev–Trinajstić information content (AvgIpc) is 3.20. The van der Waals surface area contributed by atoms with Crippen LogP contribution in [-0.4, -0.2) is 69.8 Å². The van der Waals surface area contributed by atoms with Crippen LogP contribution in [0.5, 0.6) is 0 Å². The van der Waals surface area contributed by atoms with Crippen molar-refractivity contribution in [3.63, 3.8) is 0 Å². The molecule has 1 fully saturated rings. The van der Waals surface area contributed by atoms with Crippen molar-refractivity contribution in [3.05, 3.63) is 22.4 Å². The van der Waals surface area contributed by atoms with Crippen molar-refractivity contribution >= 4 is 17.1 Å². The number of urea groups is 1. The van der Waals surface area contributed by atoms with Gasteiger partial charge in [0.1, 0.15) is 11.5 Å². The van der Waals surface area contributed by atoms with Crippen LogP contribution in [0.1, 0.15) is 18.3 Å². The summed E-state index contributed by atoms with van der Waals surface area (Å²) in [6.07, 6.45) is -0.766. The number of hydrogen-bond donors (Lipinski definition) is 5. The van der Waals surface area contributed by atoms with Crippen LogP contribution in [0.3, 0.4) is 0 Å². The van der Waals surface area contributed by atoms with Crippen LogP contribution in [0, 0.1) is 11.8 Å². The molecule has 11 heteroatoms. The molecule has 1 aliphatic heterocycles. The quantitative estimate of drug-likeness (QED) is 0.395. The minimum atomic E-state index is -0.840. The van der Waals surface area contributed by atoms with E-state index < -0.39 is 24.0 Å². The summed E-state index contributed by atoms with van der Waals surface area (Å²) in [4.78, 5) is 30.0. The highest BCUT2D eigenvalue weighted by Gasteiger charge is 2.36. The Hall–Kier alpha value is -2.94. The molecule has 0 bridgehead atoms. The summed E-state index contributed by atoms with van der Waals surface area (Å²) in [5.41, 5.74) is 0.0164. The highest BCUT2D eigenvalue weighted by molar-refractivity contribution is 5.80.